The van der Waals surface area contributed by atoms with Gasteiger partial charge in [-0.2, -0.15) is 0 Å². The zero-order valence-electron chi connectivity index (χ0n) is 10.8. The largest absolute Gasteiger partial charge is 0.241 e. The number of fused-ring (bicyclic) bond motifs is 1. The van der Waals surface area contributed by atoms with Crippen molar-refractivity contribution in [2.24, 2.45) is 0 Å². The molecular formula is C16H11NS3. The molecule has 1 aromatic carbocycles. The summed E-state index contributed by atoms with van der Waals surface area (Å²) < 4.78 is 1.35. The third-order valence-electron chi connectivity index (χ3n) is 3.10. The summed E-state index contributed by atoms with van der Waals surface area (Å²) in [6.07, 6.45) is 0. The molecule has 4 aromatic rings. The SMILES string of the molecule is Cc1csc(-c2ccc(-c3cc4ccccc4s3)s2)n1. The molecule has 0 radical (unpaired) electrons. The van der Waals surface area contributed by atoms with E-state index in [1.165, 1.54) is 24.7 Å². The first-order valence-corrected chi connectivity index (χ1v) is 8.82. The van der Waals surface area contributed by atoms with Crippen LogP contribution in [0.3, 0.4) is 0 Å². The fourth-order valence-electron chi connectivity index (χ4n) is 2.16. The van der Waals surface area contributed by atoms with Gasteiger partial charge < -0.3 is 0 Å². The molecule has 0 atom stereocenters. The number of hydrogen-bond acceptors (Lipinski definition) is 4. The lowest BCUT2D eigenvalue weighted by molar-refractivity contribution is 1.27. The summed E-state index contributed by atoms with van der Waals surface area (Å²) in [5, 5.41) is 4.56. The van der Waals surface area contributed by atoms with E-state index >= 15 is 0 Å². The predicted molar refractivity (Wildman–Crippen MR) is 91.0 cm³/mol. The minimum Gasteiger partial charge on any atom is -0.241 e. The van der Waals surface area contributed by atoms with Crippen LogP contribution in [-0.2, 0) is 0 Å². The molecule has 1 nitrogen and oxygen atoms in total. The van der Waals surface area contributed by atoms with Crippen LogP contribution in [0.2, 0.25) is 0 Å². The van der Waals surface area contributed by atoms with Crippen molar-refractivity contribution in [2.45, 2.75) is 6.92 Å². The van der Waals surface area contributed by atoms with Crippen LogP contribution in [0.4, 0.5) is 0 Å². The molecule has 0 saturated heterocycles. The van der Waals surface area contributed by atoms with Crippen LogP contribution in [0.15, 0.2) is 47.8 Å². The Morgan fingerprint density at radius 3 is 2.55 bits per heavy atom. The normalized spacial score (nSPS) is 11.2. The number of aryl methyl sites for hydroxylation is 1. The highest BCUT2D eigenvalue weighted by Crippen LogP contribution is 2.40. The number of benzene rings is 1. The second-order valence-corrected chi connectivity index (χ2v) is 7.63. The topological polar surface area (TPSA) is 12.9 Å². The Bertz CT molecular complexity index is 849. The number of aromatic nitrogens is 1. The summed E-state index contributed by atoms with van der Waals surface area (Å²) >= 11 is 5.40. The van der Waals surface area contributed by atoms with E-state index in [1.807, 2.05) is 29.6 Å². The van der Waals surface area contributed by atoms with Crippen LogP contribution in [0.25, 0.3) is 29.7 Å². The standard InChI is InChI=1S/C16H11NS3/c1-10-9-18-16(17-10)14-7-6-13(20-14)15-8-11-4-2-3-5-12(11)19-15/h2-9H,1H3. The molecule has 3 heterocycles. The second kappa shape index (κ2) is 4.81. The highest BCUT2D eigenvalue weighted by atomic mass is 32.1. The van der Waals surface area contributed by atoms with E-state index in [4.69, 9.17) is 0 Å². The molecule has 0 aliphatic heterocycles. The Hall–Kier alpha value is -1.49. The average molecular weight is 313 g/mol. The molecule has 0 N–H and O–H groups in total. The van der Waals surface area contributed by atoms with Gasteiger partial charge in [0, 0.05) is 25.5 Å². The molecule has 0 aliphatic carbocycles. The third kappa shape index (κ3) is 2.10. The second-order valence-electron chi connectivity index (χ2n) is 4.61. The zero-order valence-corrected chi connectivity index (χ0v) is 13.2. The van der Waals surface area contributed by atoms with Crippen LogP contribution in [-0.4, -0.2) is 4.98 Å². The first-order chi connectivity index (χ1) is 9.79. The van der Waals surface area contributed by atoms with Crippen molar-refractivity contribution in [3.05, 3.63) is 53.5 Å². The molecule has 3 aromatic heterocycles. The van der Waals surface area contributed by atoms with E-state index in [9.17, 15) is 0 Å². The lowest BCUT2D eigenvalue weighted by atomic mass is 10.2. The summed E-state index contributed by atoms with van der Waals surface area (Å²) in [5.41, 5.74) is 1.10. The Labute approximate surface area is 129 Å². The van der Waals surface area contributed by atoms with Crippen LogP contribution in [0.5, 0.6) is 0 Å². The van der Waals surface area contributed by atoms with Crippen LogP contribution in [0.1, 0.15) is 5.69 Å². The summed E-state index contributed by atoms with van der Waals surface area (Å²) in [6.45, 7) is 2.04. The number of rotatable bonds is 2. The molecule has 0 bridgehead atoms. The maximum Gasteiger partial charge on any atom is 0.133 e. The van der Waals surface area contributed by atoms with Crippen LogP contribution in [0, 0.1) is 6.92 Å². The third-order valence-corrected chi connectivity index (χ3v) is 6.63. The summed E-state index contributed by atoms with van der Waals surface area (Å²) in [6, 6.07) is 15.2. The molecule has 0 amide bonds. The van der Waals surface area contributed by atoms with E-state index in [1.54, 1.807) is 11.3 Å². The minimum absolute atomic E-state index is 1.10. The van der Waals surface area contributed by atoms with Gasteiger partial charge in [0.15, 0.2) is 0 Å². The molecule has 0 unspecified atom stereocenters. The van der Waals surface area contributed by atoms with Crippen molar-refractivity contribution >= 4 is 44.1 Å². The van der Waals surface area contributed by atoms with Crippen molar-refractivity contribution in [2.75, 3.05) is 0 Å². The Morgan fingerprint density at radius 2 is 1.75 bits per heavy atom. The van der Waals surface area contributed by atoms with Gasteiger partial charge in [-0.3, -0.25) is 0 Å². The van der Waals surface area contributed by atoms with Crippen LogP contribution >= 0.6 is 34.0 Å². The molecular weight excluding hydrogens is 302 g/mol. The highest BCUT2D eigenvalue weighted by Gasteiger charge is 2.10. The molecule has 0 saturated carbocycles. The minimum atomic E-state index is 1.10. The van der Waals surface area contributed by atoms with Crippen molar-refractivity contribution in [1.82, 2.24) is 4.98 Å². The maximum atomic E-state index is 4.56. The number of hydrogen-bond donors (Lipinski definition) is 0. The van der Waals surface area contributed by atoms with E-state index in [2.05, 4.69) is 52.8 Å². The van der Waals surface area contributed by atoms with Crippen molar-refractivity contribution in [3.63, 3.8) is 0 Å². The molecule has 4 heteroatoms. The van der Waals surface area contributed by atoms with Gasteiger partial charge in [-0.05, 0) is 36.6 Å². The fraction of sp³-hybridized carbons (Fsp3) is 0.0625. The quantitative estimate of drug-likeness (QED) is 0.438. The maximum absolute atomic E-state index is 4.56. The number of nitrogens with zero attached hydrogens (tertiary/aromatic N) is 1. The molecule has 0 fully saturated rings. The average Bonchev–Trinajstić information content (AvgIpc) is 3.16. The highest BCUT2D eigenvalue weighted by molar-refractivity contribution is 7.28. The van der Waals surface area contributed by atoms with Gasteiger partial charge in [-0.15, -0.1) is 34.0 Å². The van der Waals surface area contributed by atoms with Crippen molar-refractivity contribution in [1.29, 1.82) is 0 Å². The number of thiophene rings is 2. The van der Waals surface area contributed by atoms with Gasteiger partial charge in [-0.25, -0.2) is 4.98 Å². The monoisotopic (exact) mass is 313 g/mol. The summed E-state index contributed by atoms with van der Waals surface area (Å²) in [7, 11) is 0. The summed E-state index contributed by atoms with van der Waals surface area (Å²) in [4.78, 5) is 8.49. The first-order valence-electron chi connectivity index (χ1n) is 6.31. The van der Waals surface area contributed by atoms with Gasteiger partial charge in [-0.1, -0.05) is 18.2 Å². The van der Waals surface area contributed by atoms with E-state index in [0.717, 1.165) is 10.7 Å². The van der Waals surface area contributed by atoms with Crippen molar-refractivity contribution in [3.8, 4) is 19.6 Å². The lowest BCUT2D eigenvalue weighted by Crippen LogP contribution is -1.69. The molecule has 20 heavy (non-hydrogen) atoms. The van der Waals surface area contributed by atoms with Gasteiger partial charge >= 0.3 is 0 Å². The van der Waals surface area contributed by atoms with Gasteiger partial charge in [0.1, 0.15) is 5.01 Å². The Kier molecular flexibility index (Phi) is 2.95. The van der Waals surface area contributed by atoms with Crippen LogP contribution < -0.4 is 0 Å². The Balaban J connectivity index is 1.77. The molecule has 0 spiro atoms. The van der Waals surface area contributed by atoms with Gasteiger partial charge in [0.05, 0.1) is 4.88 Å². The van der Waals surface area contributed by atoms with E-state index in [-0.39, 0.29) is 0 Å². The van der Waals surface area contributed by atoms with Gasteiger partial charge in [0.2, 0.25) is 0 Å². The molecule has 4 rings (SSSR count). The van der Waals surface area contributed by atoms with E-state index < -0.39 is 0 Å². The first kappa shape index (κ1) is 12.3. The van der Waals surface area contributed by atoms with Gasteiger partial charge in [0.25, 0.3) is 0 Å². The van der Waals surface area contributed by atoms with E-state index in [0.29, 0.717) is 0 Å². The van der Waals surface area contributed by atoms with Crippen molar-refractivity contribution < 1.29 is 0 Å². The Morgan fingerprint density at radius 1 is 0.900 bits per heavy atom. The fourth-order valence-corrected chi connectivity index (χ4v) is 5.18. The lowest BCUT2D eigenvalue weighted by Gasteiger charge is -1.89. The summed E-state index contributed by atoms with van der Waals surface area (Å²) in [5.74, 6) is 0. The zero-order chi connectivity index (χ0) is 13.5. The molecule has 0 aliphatic rings. The predicted octanol–water partition coefficient (Wildman–Crippen LogP) is 6.06. The molecule has 98 valence electrons. The number of thiazole rings is 1. The smallest absolute Gasteiger partial charge is 0.133 e.